The fourth-order valence-electron chi connectivity index (χ4n) is 1.89. The number of methoxy groups -OCH3 is 1. The van der Waals surface area contributed by atoms with Gasteiger partial charge in [0.1, 0.15) is 16.1 Å². The minimum atomic E-state index is -1.11. The highest BCUT2D eigenvalue weighted by Crippen LogP contribution is 2.29. The Morgan fingerprint density at radius 3 is 2.95 bits per heavy atom. The Morgan fingerprint density at radius 2 is 2.26 bits per heavy atom. The molecular formula is C12H8N2O4S. The van der Waals surface area contributed by atoms with Crippen LogP contribution in [0, 0.1) is 0 Å². The SMILES string of the molecule is COc1ccc2c(c1)sc1c(C(=O)O)cnc(=O)n12. The van der Waals surface area contributed by atoms with E-state index in [0.29, 0.717) is 16.1 Å². The van der Waals surface area contributed by atoms with Gasteiger partial charge in [-0.1, -0.05) is 0 Å². The molecular weight excluding hydrogens is 268 g/mol. The van der Waals surface area contributed by atoms with Crippen molar-refractivity contribution in [3.63, 3.8) is 0 Å². The van der Waals surface area contributed by atoms with Crippen LogP contribution in [0.5, 0.6) is 5.75 Å². The van der Waals surface area contributed by atoms with E-state index in [4.69, 9.17) is 9.84 Å². The molecule has 0 aliphatic heterocycles. The summed E-state index contributed by atoms with van der Waals surface area (Å²) < 4.78 is 7.19. The van der Waals surface area contributed by atoms with Gasteiger partial charge in [0.2, 0.25) is 0 Å². The van der Waals surface area contributed by atoms with Gasteiger partial charge >= 0.3 is 11.7 Å². The van der Waals surface area contributed by atoms with E-state index in [1.165, 1.54) is 15.7 Å². The Labute approximate surface area is 110 Å². The second kappa shape index (κ2) is 4.06. The van der Waals surface area contributed by atoms with E-state index in [1.54, 1.807) is 25.3 Å². The van der Waals surface area contributed by atoms with Crippen molar-refractivity contribution in [2.24, 2.45) is 0 Å². The van der Waals surface area contributed by atoms with Crippen molar-refractivity contribution in [3.8, 4) is 5.75 Å². The molecule has 0 amide bonds. The summed E-state index contributed by atoms with van der Waals surface area (Å²) >= 11 is 1.22. The van der Waals surface area contributed by atoms with Crippen molar-refractivity contribution in [1.29, 1.82) is 0 Å². The van der Waals surface area contributed by atoms with Gasteiger partial charge in [-0.15, -0.1) is 11.3 Å². The van der Waals surface area contributed by atoms with E-state index in [-0.39, 0.29) is 5.56 Å². The zero-order chi connectivity index (χ0) is 13.6. The second-order valence-electron chi connectivity index (χ2n) is 3.84. The Hall–Kier alpha value is -2.41. The number of carboxylic acids is 1. The van der Waals surface area contributed by atoms with E-state index >= 15 is 0 Å². The van der Waals surface area contributed by atoms with E-state index in [0.717, 1.165) is 10.9 Å². The Balaban J connectivity index is 2.51. The molecule has 3 rings (SSSR count). The first kappa shape index (κ1) is 11.7. The lowest BCUT2D eigenvalue weighted by Crippen LogP contribution is -2.17. The number of nitrogens with zero attached hydrogens (tertiary/aromatic N) is 2. The number of hydrogen-bond acceptors (Lipinski definition) is 5. The third-order valence-corrected chi connectivity index (χ3v) is 3.92. The lowest BCUT2D eigenvalue weighted by molar-refractivity contribution is 0.0698. The Morgan fingerprint density at radius 1 is 1.47 bits per heavy atom. The molecule has 2 heterocycles. The summed E-state index contributed by atoms with van der Waals surface area (Å²) in [7, 11) is 1.55. The van der Waals surface area contributed by atoms with Crippen LogP contribution in [0.1, 0.15) is 10.4 Å². The number of thiazole rings is 1. The topological polar surface area (TPSA) is 80.9 Å². The van der Waals surface area contributed by atoms with Crippen LogP contribution in [-0.2, 0) is 0 Å². The molecule has 19 heavy (non-hydrogen) atoms. The largest absolute Gasteiger partial charge is 0.497 e. The summed E-state index contributed by atoms with van der Waals surface area (Å²) in [5.41, 5.74) is 0.151. The molecule has 0 unspecified atom stereocenters. The van der Waals surface area contributed by atoms with Crippen LogP contribution in [0.4, 0.5) is 0 Å². The Kier molecular flexibility index (Phi) is 2.49. The lowest BCUT2D eigenvalue weighted by Gasteiger charge is -1.99. The highest BCUT2D eigenvalue weighted by atomic mass is 32.1. The van der Waals surface area contributed by atoms with Gasteiger partial charge in [-0.2, -0.15) is 0 Å². The fourth-order valence-corrected chi connectivity index (χ4v) is 3.06. The lowest BCUT2D eigenvalue weighted by atomic mass is 10.3. The predicted octanol–water partition coefficient (Wildman–Crippen LogP) is 1.62. The van der Waals surface area contributed by atoms with Gasteiger partial charge in [0, 0.05) is 0 Å². The standard InChI is InChI=1S/C12H8N2O4S/c1-18-6-2-3-8-9(4-6)19-10-7(11(15)16)5-13-12(17)14(8)10/h2-5H,1H3,(H,15,16). The molecule has 3 aromatic rings. The molecule has 1 N–H and O–H groups in total. The van der Waals surface area contributed by atoms with Crippen LogP contribution in [0.3, 0.4) is 0 Å². The van der Waals surface area contributed by atoms with E-state index in [9.17, 15) is 9.59 Å². The van der Waals surface area contributed by atoms with Crippen molar-refractivity contribution in [2.45, 2.75) is 0 Å². The predicted molar refractivity (Wildman–Crippen MR) is 70.4 cm³/mol. The number of fused-ring (bicyclic) bond motifs is 3. The molecule has 0 fully saturated rings. The molecule has 0 spiro atoms. The summed E-state index contributed by atoms with van der Waals surface area (Å²) in [6.45, 7) is 0. The van der Waals surface area contributed by atoms with Gasteiger partial charge in [-0.3, -0.25) is 0 Å². The minimum Gasteiger partial charge on any atom is -0.497 e. The molecule has 0 radical (unpaired) electrons. The number of hydrogen-bond donors (Lipinski definition) is 1. The summed E-state index contributed by atoms with van der Waals surface area (Å²) in [6, 6.07) is 5.19. The summed E-state index contributed by atoms with van der Waals surface area (Å²) in [5.74, 6) is -0.458. The number of carbonyl (C=O) groups is 1. The normalized spacial score (nSPS) is 11.0. The average Bonchev–Trinajstić information content (AvgIpc) is 2.77. The van der Waals surface area contributed by atoms with Crippen LogP contribution < -0.4 is 10.4 Å². The molecule has 6 nitrogen and oxygen atoms in total. The molecule has 2 aromatic heterocycles. The first-order chi connectivity index (χ1) is 9.11. The maximum absolute atomic E-state index is 11.8. The first-order valence-electron chi connectivity index (χ1n) is 5.33. The van der Waals surface area contributed by atoms with Gasteiger partial charge in [0.05, 0.1) is 23.5 Å². The van der Waals surface area contributed by atoms with Crippen molar-refractivity contribution in [1.82, 2.24) is 9.38 Å². The quantitative estimate of drug-likeness (QED) is 0.769. The van der Waals surface area contributed by atoms with Gasteiger partial charge in [0.25, 0.3) is 0 Å². The zero-order valence-electron chi connectivity index (χ0n) is 9.78. The molecule has 0 saturated carbocycles. The van der Waals surface area contributed by atoms with E-state index < -0.39 is 11.7 Å². The van der Waals surface area contributed by atoms with Crippen LogP contribution in [0.25, 0.3) is 15.0 Å². The minimum absolute atomic E-state index is 0.0137. The number of aromatic carboxylic acids is 1. The molecule has 0 saturated heterocycles. The summed E-state index contributed by atoms with van der Waals surface area (Å²) in [6.07, 6.45) is 1.09. The molecule has 0 atom stereocenters. The fraction of sp³-hybridized carbons (Fsp3) is 0.0833. The maximum atomic E-state index is 11.8. The van der Waals surface area contributed by atoms with E-state index in [2.05, 4.69) is 4.98 Å². The summed E-state index contributed by atoms with van der Waals surface area (Å²) in [4.78, 5) is 26.9. The third kappa shape index (κ3) is 1.66. The monoisotopic (exact) mass is 276 g/mol. The smallest absolute Gasteiger partial charge is 0.353 e. The van der Waals surface area contributed by atoms with Gasteiger partial charge < -0.3 is 9.84 Å². The van der Waals surface area contributed by atoms with Crippen molar-refractivity contribution in [2.75, 3.05) is 7.11 Å². The van der Waals surface area contributed by atoms with Gasteiger partial charge in [-0.25, -0.2) is 19.0 Å². The number of rotatable bonds is 2. The van der Waals surface area contributed by atoms with Crippen molar-refractivity contribution >= 4 is 32.4 Å². The zero-order valence-corrected chi connectivity index (χ0v) is 10.6. The molecule has 7 heteroatoms. The van der Waals surface area contributed by atoms with Crippen LogP contribution in [0.15, 0.2) is 29.2 Å². The number of ether oxygens (including phenoxy) is 1. The molecule has 0 aliphatic rings. The highest BCUT2D eigenvalue weighted by molar-refractivity contribution is 7.24. The number of aromatic nitrogens is 2. The maximum Gasteiger partial charge on any atom is 0.353 e. The molecule has 1 aromatic carbocycles. The molecule has 0 aliphatic carbocycles. The summed E-state index contributed by atoms with van der Waals surface area (Å²) in [5, 5.41) is 9.13. The number of benzene rings is 1. The van der Waals surface area contributed by atoms with Gasteiger partial charge in [-0.05, 0) is 18.2 Å². The number of carboxylic acid groups (broad SMARTS) is 1. The molecule has 0 bridgehead atoms. The van der Waals surface area contributed by atoms with Gasteiger partial charge in [0.15, 0.2) is 0 Å². The van der Waals surface area contributed by atoms with Crippen LogP contribution >= 0.6 is 11.3 Å². The van der Waals surface area contributed by atoms with Crippen molar-refractivity contribution in [3.05, 3.63) is 40.4 Å². The van der Waals surface area contributed by atoms with Crippen LogP contribution in [0.2, 0.25) is 0 Å². The van der Waals surface area contributed by atoms with Crippen LogP contribution in [-0.4, -0.2) is 27.6 Å². The molecule has 96 valence electrons. The van der Waals surface area contributed by atoms with E-state index in [1.807, 2.05) is 0 Å². The second-order valence-corrected chi connectivity index (χ2v) is 4.87. The van der Waals surface area contributed by atoms with Crippen molar-refractivity contribution < 1.29 is 14.6 Å². The average molecular weight is 276 g/mol. The Bertz CT molecular complexity index is 865. The highest BCUT2D eigenvalue weighted by Gasteiger charge is 2.16. The first-order valence-corrected chi connectivity index (χ1v) is 6.15. The third-order valence-electron chi connectivity index (χ3n) is 2.77.